The van der Waals surface area contributed by atoms with Crippen LogP contribution < -0.4 is 10.2 Å². The molecular formula is C18H26BrN2O+. The molecule has 0 aromatic heterocycles. The van der Waals surface area contributed by atoms with E-state index in [1.165, 1.54) is 32.2 Å². The van der Waals surface area contributed by atoms with Gasteiger partial charge in [-0.2, -0.15) is 0 Å². The van der Waals surface area contributed by atoms with Gasteiger partial charge in [-0.05, 0) is 49.9 Å². The molecule has 120 valence electrons. The second kappa shape index (κ2) is 7.14. The van der Waals surface area contributed by atoms with Crippen molar-refractivity contribution in [3.63, 3.8) is 0 Å². The van der Waals surface area contributed by atoms with Crippen molar-refractivity contribution in [2.45, 2.75) is 63.6 Å². The number of hydrogen-bond acceptors (Lipinski definition) is 1. The van der Waals surface area contributed by atoms with Gasteiger partial charge in [0.1, 0.15) is 0 Å². The molecule has 0 radical (unpaired) electrons. The van der Waals surface area contributed by atoms with Crippen LogP contribution in [0, 0.1) is 0 Å². The molecule has 3 rings (SSSR count). The van der Waals surface area contributed by atoms with Crippen molar-refractivity contribution in [3.05, 3.63) is 34.3 Å². The fourth-order valence-electron chi connectivity index (χ4n) is 4.32. The van der Waals surface area contributed by atoms with E-state index in [9.17, 15) is 4.79 Å². The molecule has 1 amide bonds. The number of amides is 1. The Balaban J connectivity index is 1.62. The van der Waals surface area contributed by atoms with Crippen molar-refractivity contribution in [3.8, 4) is 0 Å². The summed E-state index contributed by atoms with van der Waals surface area (Å²) in [6.07, 6.45) is 7.59. The highest BCUT2D eigenvalue weighted by Crippen LogP contribution is 2.22. The van der Waals surface area contributed by atoms with Gasteiger partial charge in [-0.3, -0.25) is 4.79 Å². The van der Waals surface area contributed by atoms with Gasteiger partial charge >= 0.3 is 0 Å². The highest BCUT2D eigenvalue weighted by atomic mass is 79.9. The fraction of sp³-hybridized carbons (Fsp3) is 0.611. The van der Waals surface area contributed by atoms with Crippen LogP contribution in [0.15, 0.2) is 28.7 Å². The molecular weight excluding hydrogens is 340 g/mol. The number of hydrogen-bond donors (Lipinski definition) is 2. The van der Waals surface area contributed by atoms with Gasteiger partial charge in [-0.25, -0.2) is 0 Å². The standard InChI is InChI=1S/C18H25BrN2O/c1-2-10-21-16-4-3-5-17(21)12-15(11-16)20-18(22)13-6-8-14(19)9-7-13/h6-9,15-17H,2-5,10-12H2,1H3,(H,20,22)/p+1/t15?,16-,17+. The van der Waals surface area contributed by atoms with Crippen LogP contribution in [-0.2, 0) is 0 Å². The number of benzene rings is 1. The molecule has 2 fully saturated rings. The maximum absolute atomic E-state index is 12.4. The van der Waals surface area contributed by atoms with Crippen LogP contribution >= 0.6 is 15.9 Å². The van der Waals surface area contributed by atoms with E-state index < -0.39 is 0 Å². The quantitative estimate of drug-likeness (QED) is 0.844. The van der Waals surface area contributed by atoms with E-state index in [0.29, 0.717) is 6.04 Å². The first-order chi connectivity index (χ1) is 10.7. The summed E-state index contributed by atoms with van der Waals surface area (Å²) >= 11 is 3.41. The Morgan fingerprint density at radius 1 is 1.23 bits per heavy atom. The average molecular weight is 366 g/mol. The molecule has 0 aliphatic carbocycles. The Hall–Kier alpha value is -0.870. The van der Waals surface area contributed by atoms with Gasteiger partial charge in [0, 0.05) is 28.9 Å². The summed E-state index contributed by atoms with van der Waals surface area (Å²) in [4.78, 5) is 14.2. The predicted molar refractivity (Wildman–Crippen MR) is 92.2 cm³/mol. The van der Waals surface area contributed by atoms with Crippen LogP contribution in [0.25, 0.3) is 0 Å². The zero-order valence-electron chi connectivity index (χ0n) is 13.3. The van der Waals surface area contributed by atoms with Crippen LogP contribution in [0.5, 0.6) is 0 Å². The number of fused-ring (bicyclic) bond motifs is 2. The topological polar surface area (TPSA) is 33.5 Å². The first-order valence-corrected chi connectivity index (χ1v) is 9.38. The molecule has 0 spiro atoms. The number of carbonyl (C=O) groups is 1. The van der Waals surface area contributed by atoms with Crippen molar-refractivity contribution in [2.24, 2.45) is 0 Å². The van der Waals surface area contributed by atoms with E-state index >= 15 is 0 Å². The minimum Gasteiger partial charge on any atom is -0.349 e. The van der Waals surface area contributed by atoms with Gasteiger partial charge in [-0.1, -0.05) is 22.9 Å². The van der Waals surface area contributed by atoms with E-state index in [0.717, 1.165) is 35.0 Å². The molecule has 3 nitrogen and oxygen atoms in total. The van der Waals surface area contributed by atoms with Crippen LogP contribution in [0.2, 0.25) is 0 Å². The lowest BCUT2D eigenvalue weighted by Gasteiger charge is -2.46. The number of piperidine rings is 2. The van der Waals surface area contributed by atoms with E-state index in [4.69, 9.17) is 0 Å². The summed E-state index contributed by atoms with van der Waals surface area (Å²) in [5, 5.41) is 3.28. The molecule has 2 bridgehead atoms. The molecule has 2 saturated heterocycles. The van der Waals surface area contributed by atoms with Gasteiger partial charge < -0.3 is 10.2 Å². The molecule has 0 saturated carbocycles. The molecule has 2 aliphatic heterocycles. The third-order valence-corrected chi connectivity index (χ3v) is 5.80. The van der Waals surface area contributed by atoms with Crippen LogP contribution in [0.1, 0.15) is 55.8 Å². The summed E-state index contributed by atoms with van der Waals surface area (Å²) < 4.78 is 1.01. The summed E-state index contributed by atoms with van der Waals surface area (Å²) in [6, 6.07) is 9.49. The maximum atomic E-state index is 12.4. The molecule has 2 unspecified atom stereocenters. The molecule has 4 heteroatoms. The van der Waals surface area contributed by atoms with Crippen molar-refractivity contribution >= 4 is 21.8 Å². The molecule has 2 N–H and O–H groups in total. The zero-order valence-corrected chi connectivity index (χ0v) is 14.9. The third-order valence-electron chi connectivity index (χ3n) is 5.27. The number of nitrogens with one attached hydrogen (secondary N) is 2. The second-order valence-corrected chi connectivity index (χ2v) is 7.71. The first kappa shape index (κ1) is 16.0. The minimum atomic E-state index is 0.0783. The van der Waals surface area contributed by atoms with Crippen LogP contribution in [0.3, 0.4) is 0 Å². The van der Waals surface area contributed by atoms with E-state index in [-0.39, 0.29) is 5.91 Å². The van der Waals surface area contributed by atoms with Gasteiger partial charge in [0.15, 0.2) is 0 Å². The molecule has 2 heterocycles. The first-order valence-electron chi connectivity index (χ1n) is 8.59. The van der Waals surface area contributed by atoms with E-state index in [1.807, 2.05) is 29.2 Å². The molecule has 4 atom stereocenters. The second-order valence-electron chi connectivity index (χ2n) is 6.80. The summed E-state index contributed by atoms with van der Waals surface area (Å²) in [5.74, 6) is 0.0783. The van der Waals surface area contributed by atoms with Gasteiger partial charge in [0.2, 0.25) is 0 Å². The van der Waals surface area contributed by atoms with Crippen molar-refractivity contribution in [2.75, 3.05) is 6.54 Å². The number of carbonyl (C=O) groups excluding carboxylic acids is 1. The molecule has 1 aromatic rings. The zero-order chi connectivity index (χ0) is 15.5. The lowest BCUT2D eigenvalue weighted by Crippen LogP contribution is -3.21. The largest absolute Gasteiger partial charge is 0.349 e. The normalized spacial score (nSPS) is 30.8. The number of quaternary nitrogens is 1. The Kier molecular flexibility index (Phi) is 5.19. The van der Waals surface area contributed by atoms with Gasteiger partial charge in [-0.15, -0.1) is 0 Å². The van der Waals surface area contributed by atoms with E-state index in [2.05, 4.69) is 28.2 Å². The highest BCUT2D eigenvalue weighted by molar-refractivity contribution is 9.10. The number of rotatable bonds is 4. The lowest BCUT2D eigenvalue weighted by molar-refractivity contribution is -0.961. The maximum Gasteiger partial charge on any atom is 0.251 e. The summed E-state index contributed by atoms with van der Waals surface area (Å²) in [6.45, 7) is 3.58. The Morgan fingerprint density at radius 2 is 1.86 bits per heavy atom. The van der Waals surface area contributed by atoms with Crippen molar-refractivity contribution in [1.29, 1.82) is 0 Å². The highest BCUT2D eigenvalue weighted by Gasteiger charge is 2.41. The minimum absolute atomic E-state index is 0.0783. The summed E-state index contributed by atoms with van der Waals surface area (Å²) in [5.41, 5.74) is 0.761. The Morgan fingerprint density at radius 3 is 2.45 bits per heavy atom. The van der Waals surface area contributed by atoms with E-state index in [1.54, 1.807) is 0 Å². The van der Waals surface area contributed by atoms with Gasteiger partial charge in [0.05, 0.1) is 18.6 Å². The van der Waals surface area contributed by atoms with Crippen LogP contribution in [0.4, 0.5) is 0 Å². The average Bonchev–Trinajstić information content (AvgIpc) is 2.49. The molecule has 2 aliphatic rings. The Labute approximate surface area is 141 Å². The lowest BCUT2D eigenvalue weighted by atomic mass is 9.81. The van der Waals surface area contributed by atoms with Crippen molar-refractivity contribution < 1.29 is 9.69 Å². The fourth-order valence-corrected chi connectivity index (χ4v) is 4.59. The van der Waals surface area contributed by atoms with Crippen molar-refractivity contribution in [1.82, 2.24) is 5.32 Å². The SMILES string of the molecule is CCC[NH+]1[C@@H]2CCC[C@H]1CC(NC(=O)c1ccc(Br)cc1)C2. The molecule has 22 heavy (non-hydrogen) atoms. The predicted octanol–water partition coefficient (Wildman–Crippen LogP) is 2.56. The molecule has 1 aromatic carbocycles. The Bertz CT molecular complexity index is 502. The number of halogens is 1. The van der Waals surface area contributed by atoms with Gasteiger partial charge in [0.25, 0.3) is 5.91 Å². The summed E-state index contributed by atoms with van der Waals surface area (Å²) in [7, 11) is 0. The van der Waals surface area contributed by atoms with Crippen LogP contribution in [-0.4, -0.2) is 30.6 Å². The smallest absolute Gasteiger partial charge is 0.251 e. The third kappa shape index (κ3) is 3.54. The monoisotopic (exact) mass is 365 g/mol.